The van der Waals surface area contributed by atoms with Crippen molar-refractivity contribution in [2.24, 2.45) is 5.73 Å². The molecule has 0 radical (unpaired) electrons. The molecule has 14 nitrogen and oxygen atoms in total. The molecule has 1 aliphatic heterocycles. The Morgan fingerprint density at radius 1 is 0.711 bits per heavy atom. The maximum Gasteiger partial charge on any atom is 0.317 e. The molecular weight excluding hydrogens is 500 g/mol. The Kier molecular flexibility index (Phi) is 16.0. The number of amides is 1. The quantitative estimate of drug-likeness (QED) is 0.111. The van der Waals surface area contributed by atoms with Crippen LogP contribution in [0.25, 0.3) is 0 Å². The number of hydrogen-bond acceptors (Lipinski definition) is 10. The fraction of sp³-hybridized carbons (Fsp3) is 0.708. The van der Waals surface area contributed by atoms with Crippen LogP contribution in [0.1, 0.15) is 19.3 Å². The molecule has 216 valence electrons. The molecule has 0 bridgehead atoms. The van der Waals surface area contributed by atoms with Gasteiger partial charge in [0.15, 0.2) is 5.78 Å². The van der Waals surface area contributed by atoms with Crippen LogP contribution in [0.5, 0.6) is 0 Å². The molecule has 1 amide bonds. The van der Waals surface area contributed by atoms with Gasteiger partial charge in [0, 0.05) is 58.9 Å². The van der Waals surface area contributed by atoms with Crippen molar-refractivity contribution in [3.8, 4) is 0 Å². The summed E-state index contributed by atoms with van der Waals surface area (Å²) in [6, 6.07) is -0.593. The van der Waals surface area contributed by atoms with Crippen molar-refractivity contribution in [2.75, 3.05) is 85.1 Å². The topological polar surface area (TPSA) is 197 Å². The van der Waals surface area contributed by atoms with E-state index >= 15 is 0 Å². The van der Waals surface area contributed by atoms with Crippen LogP contribution in [-0.2, 0) is 24.0 Å². The van der Waals surface area contributed by atoms with E-state index in [1.54, 1.807) is 14.7 Å². The molecule has 0 spiro atoms. The first-order valence-electron chi connectivity index (χ1n) is 12.7. The van der Waals surface area contributed by atoms with E-state index < -0.39 is 23.9 Å². The summed E-state index contributed by atoms with van der Waals surface area (Å²) in [4.78, 5) is 64.9. The molecule has 1 heterocycles. The first-order chi connectivity index (χ1) is 18.0. The minimum atomic E-state index is -1.02. The zero-order valence-electron chi connectivity index (χ0n) is 21.9. The third-order valence-corrected chi connectivity index (χ3v) is 6.20. The second kappa shape index (κ2) is 18.4. The average Bonchev–Trinajstić information content (AvgIpc) is 2.83. The number of unbranched alkanes of at least 4 members (excludes halogenated alkanes) is 1. The molecule has 0 aromatic carbocycles. The van der Waals surface area contributed by atoms with E-state index in [1.165, 1.54) is 6.08 Å². The van der Waals surface area contributed by atoms with Gasteiger partial charge in [-0.3, -0.25) is 43.6 Å². The van der Waals surface area contributed by atoms with E-state index in [0.29, 0.717) is 78.2 Å². The monoisotopic (exact) mass is 542 g/mol. The van der Waals surface area contributed by atoms with Gasteiger partial charge in [0.25, 0.3) is 0 Å². The van der Waals surface area contributed by atoms with Gasteiger partial charge in [-0.25, -0.2) is 0 Å². The number of rotatable bonds is 15. The lowest BCUT2D eigenvalue weighted by atomic mass is 10.1. The van der Waals surface area contributed by atoms with Gasteiger partial charge in [-0.15, -0.1) is 0 Å². The summed E-state index contributed by atoms with van der Waals surface area (Å²) in [5.74, 6) is -3.46. The second-order valence-corrected chi connectivity index (χ2v) is 9.34. The second-order valence-electron chi connectivity index (χ2n) is 9.34. The Bertz CT molecular complexity index is 779. The number of aliphatic carboxylic acids is 3. The fourth-order valence-electron chi connectivity index (χ4n) is 4.05. The number of carbonyl (C=O) groups excluding carboxylic acids is 2. The molecule has 0 aliphatic carbocycles. The molecule has 38 heavy (non-hydrogen) atoms. The van der Waals surface area contributed by atoms with E-state index in [2.05, 4.69) is 11.9 Å². The third kappa shape index (κ3) is 15.4. The van der Waals surface area contributed by atoms with Gasteiger partial charge < -0.3 is 26.4 Å². The van der Waals surface area contributed by atoms with Gasteiger partial charge in [-0.2, -0.15) is 0 Å². The summed E-state index contributed by atoms with van der Waals surface area (Å²) in [6.45, 7) is 5.89. The summed E-state index contributed by atoms with van der Waals surface area (Å²) in [7, 11) is 0. The van der Waals surface area contributed by atoms with Crippen LogP contribution in [-0.4, -0.2) is 156 Å². The van der Waals surface area contributed by atoms with Crippen molar-refractivity contribution < 1.29 is 39.3 Å². The predicted molar refractivity (Wildman–Crippen MR) is 139 cm³/mol. The zero-order valence-corrected chi connectivity index (χ0v) is 21.9. The number of nitrogens with zero attached hydrogens (tertiary/aromatic N) is 4. The Balaban J connectivity index is 2.75. The number of hydrogen-bond donors (Lipinski definition) is 5. The van der Waals surface area contributed by atoms with Crippen molar-refractivity contribution in [1.29, 1.82) is 0 Å². The van der Waals surface area contributed by atoms with Crippen LogP contribution in [0.4, 0.5) is 0 Å². The van der Waals surface area contributed by atoms with Gasteiger partial charge in [0.2, 0.25) is 5.91 Å². The van der Waals surface area contributed by atoms with E-state index in [-0.39, 0.29) is 37.9 Å². The maximum absolute atomic E-state index is 12.6. The van der Waals surface area contributed by atoms with Crippen LogP contribution in [0.2, 0.25) is 0 Å². The summed E-state index contributed by atoms with van der Waals surface area (Å²) in [6.07, 6.45) is 3.01. The number of nitrogens with two attached hydrogens (primary N) is 1. The van der Waals surface area contributed by atoms with Gasteiger partial charge in [-0.05, 0) is 25.3 Å². The van der Waals surface area contributed by atoms with Gasteiger partial charge in [0.05, 0.1) is 32.2 Å². The van der Waals surface area contributed by atoms with Gasteiger partial charge in [0.1, 0.15) is 0 Å². The first-order valence-corrected chi connectivity index (χ1v) is 12.7. The Hall–Kier alpha value is -2.91. The summed E-state index contributed by atoms with van der Waals surface area (Å²) < 4.78 is 0. The maximum atomic E-state index is 12.6. The van der Waals surface area contributed by atoms with Crippen LogP contribution in [0.3, 0.4) is 0 Å². The molecule has 0 saturated carbocycles. The zero-order chi connectivity index (χ0) is 28.5. The Morgan fingerprint density at radius 2 is 1.08 bits per heavy atom. The Labute approximate surface area is 223 Å². The highest BCUT2D eigenvalue weighted by atomic mass is 16.4. The Morgan fingerprint density at radius 3 is 1.42 bits per heavy atom. The average molecular weight is 543 g/mol. The highest BCUT2D eigenvalue weighted by Gasteiger charge is 2.21. The van der Waals surface area contributed by atoms with E-state index in [0.717, 1.165) is 0 Å². The van der Waals surface area contributed by atoms with Crippen molar-refractivity contribution in [1.82, 2.24) is 24.9 Å². The molecule has 0 aromatic heterocycles. The number of carboxylic acid groups (broad SMARTS) is 3. The molecule has 0 aromatic rings. The molecule has 0 unspecified atom stereocenters. The first kappa shape index (κ1) is 33.1. The third-order valence-electron chi connectivity index (χ3n) is 6.20. The molecular formula is C24H42N6O8. The smallest absolute Gasteiger partial charge is 0.317 e. The molecule has 1 rings (SSSR count). The molecule has 1 atom stereocenters. The minimum absolute atomic E-state index is 0.0570. The largest absolute Gasteiger partial charge is 0.480 e. The van der Waals surface area contributed by atoms with E-state index in [1.807, 2.05) is 4.90 Å². The highest BCUT2D eigenvalue weighted by Crippen LogP contribution is 2.02. The molecule has 1 fully saturated rings. The normalized spacial score (nSPS) is 18.0. The van der Waals surface area contributed by atoms with Crippen LogP contribution >= 0.6 is 0 Å². The summed E-state index contributed by atoms with van der Waals surface area (Å²) >= 11 is 0. The standard InChI is InChI=1S/C24H42N6O8/c1-2-20(31)19(25)5-3-4-6-26-21(32)15-27-7-9-28(16-22(33)34)11-13-30(18-24(37)38)14-12-29(10-8-27)17-23(35)36/h2,19H,1,3-18,25H2,(H,26,32)(H,33,34)(H,35,36)(H,37,38)/t19-/m1/s1. The van der Waals surface area contributed by atoms with Crippen molar-refractivity contribution in [3.05, 3.63) is 12.7 Å². The van der Waals surface area contributed by atoms with Crippen LogP contribution < -0.4 is 11.1 Å². The SMILES string of the molecule is C=CC(=O)[C@H](N)CCCCNC(=O)CN1CCN(CC(=O)O)CCN(CC(=O)O)CCN(CC(=O)O)CC1. The molecule has 14 heteroatoms. The number of nitrogens with one attached hydrogen (secondary N) is 1. The summed E-state index contributed by atoms with van der Waals surface area (Å²) in [5.41, 5.74) is 5.75. The number of carbonyl (C=O) groups is 5. The molecule has 1 aliphatic rings. The predicted octanol–water partition coefficient (Wildman–Crippen LogP) is -2.17. The van der Waals surface area contributed by atoms with E-state index in [4.69, 9.17) is 5.73 Å². The van der Waals surface area contributed by atoms with Gasteiger partial charge in [-0.1, -0.05) is 6.58 Å². The lowest BCUT2D eigenvalue weighted by Gasteiger charge is -2.32. The number of carboxylic acids is 3. The molecule has 6 N–H and O–H groups in total. The summed E-state index contributed by atoms with van der Waals surface area (Å²) in [5, 5.41) is 30.6. The van der Waals surface area contributed by atoms with Crippen molar-refractivity contribution in [2.45, 2.75) is 25.3 Å². The van der Waals surface area contributed by atoms with Crippen LogP contribution in [0.15, 0.2) is 12.7 Å². The minimum Gasteiger partial charge on any atom is -0.480 e. The van der Waals surface area contributed by atoms with E-state index in [9.17, 15) is 39.3 Å². The van der Waals surface area contributed by atoms with Crippen molar-refractivity contribution >= 4 is 29.6 Å². The fourth-order valence-corrected chi connectivity index (χ4v) is 4.05. The van der Waals surface area contributed by atoms with Crippen LogP contribution in [0, 0.1) is 0 Å². The van der Waals surface area contributed by atoms with Crippen molar-refractivity contribution in [3.63, 3.8) is 0 Å². The number of ketones is 1. The lowest BCUT2D eigenvalue weighted by Crippen LogP contribution is -2.49. The van der Waals surface area contributed by atoms with Gasteiger partial charge >= 0.3 is 17.9 Å². The molecule has 1 saturated heterocycles. The lowest BCUT2D eigenvalue weighted by molar-refractivity contribution is -0.140. The highest BCUT2D eigenvalue weighted by molar-refractivity contribution is 5.93.